The van der Waals surface area contributed by atoms with E-state index in [9.17, 15) is 9.59 Å². The molecule has 3 aromatic rings. The first kappa shape index (κ1) is 19.5. The molecule has 0 spiro atoms. The first-order chi connectivity index (χ1) is 13.6. The van der Waals surface area contributed by atoms with Crippen molar-refractivity contribution in [3.8, 4) is 0 Å². The van der Waals surface area contributed by atoms with Crippen LogP contribution in [0, 0.1) is 0 Å². The average molecular weight is 394 g/mol. The van der Waals surface area contributed by atoms with E-state index < -0.39 is 0 Å². The van der Waals surface area contributed by atoms with E-state index in [1.54, 1.807) is 48.5 Å². The van der Waals surface area contributed by atoms with Crippen LogP contribution in [0.25, 0.3) is 0 Å². The third-order valence-corrected chi connectivity index (χ3v) is 4.28. The molecule has 0 aliphatic rings. The van der Waals surface area contributed by atoms with Crippen molar-refractivity contribution in [3.05, 3.63) is 95.0 Å². The third kappa shape index (κ3) is 5.86. The predicted molar refractivity (Wildman–Crippen MR) is 113 cm³/mol. The zero-order valence-electron chi connectivity index (χ0n) is 15.1. The fourth-order valence-electron chi connectivity index (χ4n) is 2.54. The maximum Gasteiger partial charge on any atom is 0.251 e. The number of anilines is 2. The molecule has 3 aromatic carbocycles. The van der Waals surface area contributed by atoms with E-state index in [1.165, 1.54) is 0 Å². The van der Waals surface area contributed by atoms with Crippen molar-refractivity contribution in [1.82, 2.24) is 5.32 Å². The van der Waals surface area contributed by atoms with E-state index in [0.29, 0.717) is 22.8 Å². The summed E-state index contributed by atoms with van der Waals surface area (Å²) >= 11 is 5.83. The van der Waals surface area contributed by atoms with Crippen molar-refractivity contribution in [3.63, 3.8) is 0 Å². The van der Waals surface area contributed by atoms with E-state index in [4.69, 9.17) is 11.6 Å². The molecule has 0 saturated heterocycles. The van der Waals surface area contributed by atoms with Gasteiger partial charge in [0.2, 0.25) is 5.91 Å². The van der Waals surface area contributed by atoms with Gasteiger partial charge >= 0.3 is 0 Å². The highest BCUT2D eigenvalue weighted by Gasteiger charge is 2.07. The van der Waals surface area contributed by atoms with E-state index in [0.717, 1.165) is 11.3 Å². The van der Waals surface area contributed by atoms with Crippen molar-refractivity contribution in [2.75, 3.05) is 17.2 Å². The molecule has 3 N–H and O–H groups in total. The second-order valence-corrected chi connectivity index (χ2v) is 6.59. The lowest BCUT2D eigenvalue weighted by atomic mass is 10.1. The zero-order valence-corrected chi connectivity index (χ0v) is 15.9. The molecule has 0 aromatic heterocycles. The van der Waals surface area contributed by atoms with Crippen molar-refractivity contribution in [1.29, 1.82) is 0 Å². The molecule has 0 fully saturated rings. The summed E-state index contributed by atoms with van der Waals surface area (Å²) < 4.78 is 0. The lowest BCUT2D eigenvalue weighted by molar-refractivity contribution is -0.114. The van der Waals surface area contributed by atoms with Crippen molar-refractivity contribution >= 4 is 34.8 Å². The van der Waals surface area contributed by atoms with Crippen molar-refractivity contribution in [2.24, 2.45) is 0 Å². The fourth-order valence-corrected chi connectivity index (χ4v) is 2.67. The van der Waals surface area contributed by atoms with Crippen LogP contribution < -0.4 is 16.0 Å². The van der Waals surface area contributed by atoms with E-state index in [2.05, 4.69) is 16.0 Å². The van der Waals surface area contributed by atoms with Crippen molar-refractivity contribution in [2.45, 2.75) is 6.54 Å². The highest BCUT2D eigenvalue weighted by Crippen LogP contribution is 2.13. The van der Waals surface area contributed by atoms with E-state index in [-0.39, 0.29) is 18.4 Å². The third-order valence-electron chi connectivity index (χ3n) is 4.02. The van der Waals surface area contributed by atoms with Gasteiger partial charge in [0, 0.05) is 28.5 Å². The lowest BCUT2D eigenvalue weighted by Gasteiger charge is -2.09. The zero-order chi connectivity index (χ0) is 19.8. The molecule has 0 aliphatic carbocycles. The van der Waals surface area contributed by atoms with Gasteiger partial charge in [-0.1, -0.05) is 41.9 Å². The highest BCUT2D eigenvalue weighted by molar-refractivity contribution is 6.30. The molecule has 28 heavy (non-hydrogen) atoms. The van der Waals surface area contributed by atoms with Crippen LogP contribution in [0.1, 0.15) is 15.9 Å². The lowest BCUT2D eigenvalue weighted by Crippen LogP contribution is -2.23. The van der Waals surface area contributed by atoms with Gasteiger partial charge in [0.15, 0.2) is 0 Å². The molecule has 3 rings (SSSR count). The monoisotopic (exact) mass is 393 g/mol. The Bertz CT molecular complexity index is 926. The second-order valence-electron chi connectivity index (χ2n) is 6.15. The first-order valence-corrected chi connectivity index (χ1v) is 9.19. The molecule has 0 saturated carbocycles. The number of rotatable bonds is 7. The number of benzene rings is 3. The number of halogens is 1. The van der Waals surface area contributed by atoms with Gasteiger partial charge < -0.3 is 16.0 Å². The standard InChI is InChI=1S/C22H20ClN3O2/c23-18-8-12-19(13-9-18)24-15-21(27)26-20-10-6-17(7-11-20)22(28)25-14-16-4-2-1-3-5-16/h1-13,24H,14-15H2,(H,25,28)(H,26,27). The number of carbonyl (C=O) groups is 2. The molecule has 2 amide bonds. The Kier molecular flexibility index (Phi) is 6.65. The number of hydrogen-bond acceptors (Lipinski definition) is 3. The quantitative estimate of drug-likeness (QED) is 0.559. The van der Waals surface area contributed by atoms with Crippen LogP contribution in [0.4, 0.5) is 11.4 Å². The Hall–Kier alpha value is -3.31. The Morgan fingerprint density at radius 1 is 0.786 bits per heavy atom. The number of amides is 2. The summed E-state index contributed by atoms with van der Waals surface area (Å²) in [5.41, 5.74) is 3.01. The highest BCUT2D eigenvalue weighted by atomic mass is 35.5. The number of nitrogens with one attached hydrogen (secondary N) is 3. The predicted octanol–water partition coefficient (Wildman–Crippen LogP) is 4.32. The van der Waals surface area contributed by atoms with Gasteiger partial charge in [-0.15, -0.1) is 0 Å². The molecule has 142 valence electrons. The smallest absolute Gasteiger partial charge is 0.251 e. The molecular formula is C22H20ClN3O2. The first-order valence-electron chi connectivity index (χ1n) is 8.81. The minimum atomic E-state index is -0.184. The SMILES string of the molecule is O=C(CNc1ccc(Cl)cc1)Nc1ccc(C(=O)NCc2ccccc2)cc1. The van der Waals surface area contributed by atoms with Gasteiger partial charge in [-0.3, -0.25) is 9.59 Å². The minimum absolute atomic E-state index is 0.126. The summed E-state index contributed by atoms with van der Waals surface area (Å²) in [7, 11) is 0. The summed E-state index contributed by atoms with van der Waals surface area (Å²) in [6, 6.07) is 23.6. The molecule has 0 atom stereocenters. The van der Waals surface area contributed by atoms with Crippen LogP contribution >= 0.6 is 11.6 Å². The topological polar surface area (TPSA) is 70.2 Å². The number of hydrogen-bond donors (Lipinski definition) is 3. The van der Waals surface area contributed by atoms with E-state index >= 15 is 0 Å². The Morgan fingerprint density at radius 2 is 1.43 bits per heavy atom. The van der Waals surface area contributed by atoms with Crippen LogP contribution in [0.3, 0.4) is 0 Å². The molecular weight excluding hydrogens is 374 g/mol. The Labute approximate surface area is 168 Å². The van der Waals surface area contributed by atoms with Crippen LogP contribution in [0.5, 0.6) is 0 Å². The summed E-state index contributed by atoms with van der Waals surface area (Å²) in [5.74, 6) is -0.345. The average Bonchev–Trinajstić information content (AvgIpc) is 2.73. The van der Waals surface area contributed by atoms with Crippen molar-refractivity contribution < 1.29 is 9.59 Å². The summed E-state index contributed by atoms with van der Waals surface area (Å²) in [5, 5.41) is 9.32. The Morgan fingerprint density at radius 3 is 2.11 bits per heavy atom. The van der Waals surface area contributed by atoms with E-state index in [1.807, 2.05) is 30.3 Å². The molecule has 0 heterocycles. The molecule has 0 unspecified atom stereocenters. The van der Waals surface area contributed by atoms with Gasteiger partial charge in [0.25, 0.3) is 5.91 Å². The van der Waals surface area contributed by atoms with Gasteiger partial charge in [0.05, 0.1) is 6.54 Å². The van der Waals surface area contributed by atoms with Crippen LogP contribution in [0.2, 0.25) is 5.02 Å². The number of carbonyl (C=O) groups excluding carboxylic acids is 2. The molecule has 0 radical (unpaired) electrons. The molecule has 0 aliphatic heterocycles. The fraction of sp³-hybridized carbons (Fsp3) is 0.0909. The van der Waals surface area contributed by atoms with Gasteiger partial charge in [-0.2, -0.15) is 0 Å². The van der Waals surface area contributed by atoms with Crippen LogP contribution in [-0.4, -0.2) is 18.4 Å². The summed E-state index contributed by atoms with van der Waals surface area (Å²) in [6.45, 7) is 0.593. The van der Waals surface area contributed by atoms with Gasteiger partial charge in [0.1, 0.15) is 0 Å². The van der Waals surface area contributed by atoms with Gasteiger partial charge in [-0.25, -0.2) is 0 Å². The minimum Gasteiger partial charge on any atom is -0.376 e. The largest absolute Gasteiger partial charge is 0.376 e. The van der Waals surface area contributed by atoms with Crippen LogP contribution in [-0.2, 0) is 11.3 Å². The normalized spacial score (nSPS) is 10.2. The van der Waals surface area contributed by atoms with Gasteiger partial charge in [-0.05, 0) is 54.1 Å². The maximum atomic E-state index is 12.2. The molecule has 6 heteroatoms. The Balaban J connectivity index is 1.47. The summed E-state index contributed by atoms with van der Waals surface area (Å²) in [4.78, 5) is 24.3. The molecule has 5 nitrogen and oxygen atoms in total. The summed E-state index contributed by atoms with van der Waals surface area (Å²) in [6.07, 6.45) is 0. The maximum absolute atomic E-state index is 12.2. The molecule has 0 bridgehead atoms. The second kappa shape index (κ2) is 9.58. The van der Waals surface area contributed by atoms with Crippen LogP contribution in [0.15, 0.2) is 78.9 Å².